The number of aryl methyl sites for hydroxylation is 1. The number of benzene rings is 1. The van der Waals surface area contributed by atoms with Crippen LogP contribution in [-0.4, -0.2) is 60.5 Å². The summed E-state index contributed by atoms with van der Waals surface area (Å²) in [5.74, 6) is 0.833. The largest absolute Gasteiger partial charge is 0.490 e. The van der Waals surface area contributed by atoms with Crippen LogP contribution in [0.5, 0.6) is 5.75 Å². The molecule has 2 heterocycles. The Hall–Kier alpha value is -2.38. The molecule has 2 aromatic rings. The zero-order valence-electron chi connectivity index (χ0n) is 15.4. The molecular weight excluding hydrogens is 332 g/mol. The van der Waals surface area contributed by atoms with Gasteiger partial charge in [0.05, 0.1) is 31.6 Å². The van der Waals surface area contributed by atoms with E-state index in [0.29, 0.717) is 39.4 Å². The predicted octanol–water partition coefficient (Wildman–Crippen LogP) is 1.78. The average Bonchev–Trinajstić information content (AvgIpc) is 3.13. The Bertz CT molecular complexity index is 731. The normalized spacial score (nSPS) is 13.6. The van der Waals surface area contributed by atoms with Crippen LogP contribution < -0.4 is 9.64 Å². The second kappa shape index (κ2) is 8.82. The van der Waals surface area contributed by atoms with Crippen LogP contribution in [0.4, 0.5) is 5.69 Å². The van der Waals surface area contributed by atoms with Crippen molar-refractivity contribution in [3.05, 3.63) is 42.2 Å². The minimum atomic E-state index is 0.0692. The lowest BCUT2D eigenvalue weighted by atomic mass is 10.2. The van der Waals surface area contributed by atoms with Crippen LogP contribution in [0.3, 0.4) is 0 Å². The molecule has 26 heavy (non-hydrogen) atoms. The molecule has 140 valence electrons. The molecule has 0 radical (unpaired) electrons. The number of carbonyl (C=O) groups is 1. The number of ether oxygens (including phenoxy) is 2. The Labute approximate surface area is 154 Å². The minimum Gasteiger partial charge on any atom is -0.490 e. The van der Waals surface area contributed by atoms with E-state index in [1.54, 1.807) is 7.11 Å². The van der Waals surface area contributed by atoms with Crippen molar-refractivity contribution < 1.29 is 14.3 Å². The molecule has 0 bridgehead atoms. The van der Waals surface area contributed by atoms with Gasteiger partial charge in [-0.1, -0.05) is 12.1 Å². The highest BCUT2D eigenvalue weighted by molar-refractivity contribution is 5.96. The van der Waals surface area contributed by atoms with Gasteiger partial charge in [0, 0.05) is 38.5 Å². The molecule has 0 N–H and O–H groups in total. The van der Waals surface area contributed by atoms with Crippen LogP contribution in [0.2, 0.25) is 0 Å². The Kier molecular flexibility index (Phi) is 6.25. The highest BCUT2D eigenvalue weighted by Crippen LogP contribution is 2.31. The summed E-state index contributed by atoms with van der Waals surface area (Å²) in [6.07, 6.45) is 3.88. The number of para-hydroxylation sites is 2. The summed E-state index contributed by atoms with van der Waals surface area (Å²) in [5, 5.41) is 4.31. The van der Waals surface area contributed by atoms with E-state index in [0.717, 1.165) is 23.5 Å². The number of hydrogen-bond donors (Lipinski definition) is 0. The van der Waals surface area contributed by atoms with E-state index in [-0.39, 0.29) is 5.91 Å². The molecule has 0 saturated heterocycles. The first-order chi connectivity index (χ1) is 12.7. The van der Waals surface area contributed by atoms with Crippen molar-refractivity contribution in [2.45, 2.75) is 20.0 Å². The van der Waals surface area contributed by atoms with Crippen molar-refractivity contribution in [3.63, 3.8) is 0 Å². The molecule has 7 heteroatoms. The number of hydrogen-bond acceptors (Lipinski definition) is 5. The Morgan fingerprint density at radius 1 is 1.38 bits per heavy atom. The molecule has 0 atom stereocenters. The molecule has 1 aromatic carbocycles. The third-order valence-electron chi connectivity index (χ3n) is 4.42. The molecule has 0 spiro atoms. The summed E-state index contributed by atoms with van der Waals surface area (Å²) in [6.45, 7) is 6.24. The number of aromatic nitrogens is 2. The van der Waals surface area contributed by atoms with Gasteiger partial charge in [0.15, 0.2) is 0 Å². The van der Waals surface area contributed by atoms with Crippen molar-refractivity contribution >= 4 is 11.6 Å². The zero-order valence-corrected chi connectivity index (χ0v) is 15.4. The van der Waals surface area contributed by atoms with E-state index >= 15 is 0 Å². The molecular formula is C19H26N4O3. The van der Waals surface area contributed by atoms with E-state index in [1.807, 2.05) is 46.2 Å². The lowest BCUT2D eigenvalue weighted by molar-refractivity contribution is -0.120. The van der Waals surface area contributed by atoms with Gasteiger partial charge in [-0.05, 0) is 19.1 Å². The van der Waals surface area contributed by atoms with E-state index in [9.17, 15) is 4.79 Å². The highest BCUT2D eigenvalue weighted by Gasteiger charge is 2.25. The lowest BCUT2D eigenvalue weighted by Crippen LogP contribution is -2.44. The van der Waals surface area contributed by atoms with E-state index in [2.05, 4.69) is 16.9 Å². The van der Waals surface area contributed by atoms with Gasteiger partial charge < -0.3 is 14.4 Å². The quantitative estimate of drug-likeness (QED) is 0.720. The first-order valence-electron chi connectivity index (χ1n) is 8.96. The van der Waals surface area contributed by atoms with Gasteiger partial charge in [0.2, 0.25) is 5.91 Å². The van der Waals surface area contributed by atoms with E-state index in [4.69, 9.17) is 9.47 Å². The second-order valence-corrected chi connectivity index (χ2v) is 6.27. The van der Waals surface area contributed by atoms with Crippen molar-refractivity contribution in [1.82, 2.24) is 14.7 Å². The molecule has 0 fully saturated rings. The first kappa shape index (κ1) is 18.4. The van der Waals surface area contributed by atoms with Crippen LogP contribution in [0.15, 0.2) is 36.7 Å². The van der Waals surface area contributed by atoms with Gasteiger partial charge in [0.25, 0.3) is 0 Å². The SMILES string of the molecule is CCn1cc(CN(CCOC)CC(=O)N2CCOc3ccccc32)cn1. The number of amides is 1. The lowest BCUT2D eigenvalue weighted by Gasteiger charge is -2.31. The Morgan fingerprint density at radius 2 is 2.23 bits per heavy atom. The first-order valence-corrected chi connectivity index (χ1v) is 8.96. The smallest absolute Gasteiger partial charge is 0.241 e. The van der Waals surface area contributed by atoms with E-state index in [1.165, 1.54) is 0 Å². The molecule has 1 aliphatic rings. The number of rotatable bonds is 8. The van der Waals surface area contributed by atoms with Gasteiger partial charge in [-0.25, -0.2) is 0 Å². The van der Waals surface area contributed by atoms with Crippen molar-refractivity contribution in [1.29, 1.82) is 0 Å². The summed E-state index contributed by atoms with van der Waals surface area (Å²) < 4.78 is 12.8. The van der Waals surface area contributed by atoms with Gasteiger partial charge in [-0.15, -0.1) is 0 Å². The number of anilines is 1. The molecule has 0 saturated carbocycles. The summed E-state index contributed by atoms with van der Waals surface area (Å²) >= 11 is 0. The number of fused-ring (bicyclic) bond motifs is 1. The summed E-state index contributed by atoms with van der Waals surface area (Å²) in [7, 11) is 1.67. The van der Waals surface area contributed by atoms with Gasteiger partial charge in [-0.2, -0.15) is 5.10 Å². The van der Waals surface area contributed by atoms with Crippen molar-refractivity contribution in [2.24, 2.45) is 0 Å². The standard InChI is InChI=1S/C19H26N4O3/c1-3-22-14-16(12-20-22)13-21(8-10-25-2)15-19(24)23-9-11-26-18-7-5-4-6-17(18)23/h4-7,12,14H,3,8-11,13,15H2,1-2H3. The average molecular weight is 358 g/mol. The fourth-order valence-electron chi connectivity index (χ4n) is 3.06. The maximum Gasteiger partial charge on any atom is 0.241 e. The molecule has 3 rings (SSSR count). The summed E-state index contributed by atoms with van der Waals surface area (Å²) in [6, 6.07) is 7.67. The summed E-state index contributed by atoms with van der Waals surface area (Å²) in [5.41, 5.74) is 1.94. The van der Waals surface area contributed by atoms with Crippen LogP contribution in [0.25, 0.3) is 0 Å². The van der Waals surface area contributed by atoms with Gasteiger partial charge in [0.1, 0.15) is 12.4 Å². The zero-order chi connectivity index (χ0) is 18.4. The maximum absolute atomic E-state index is 13.0. The van der Waals surface area contributed by atoms with Crippen LogP contribution in [0, 0.1) is 0 Å². The van der Waals surface area contributed by atoms with Crippen molar-refractivity contribution in [2.75, 3.05) is 44.9 Å². The molecule has 0 aliphatic carbocycles. The van der Waals surface area contributed by atoms with Crippen LogP contribution in [0.1, 0.15) is 12.5 Å². The van der Waals surface area contributed by atoms with Crippen LogP contribution in [-0.2, 0) is 22.6 Å². The second-order valence-electron chi connectivity index (χ2n) is 6.27. The Balaban J connectivity index is 1.69. The van der Waals surface area contributed by atoms with E-state index < -0.39 is 0 Å². The molecule has 1 aliphatic heterocycles. The minimum absolute atomic E-state index is 0.0692. The molecule has 0 unspecified atom stereocenters. The highest BCUT2D eigenvalue weighted by atomic mass is 16.5. The number of methoxy groups -OCH3 is 1. The van der Waals surface area contributed by atoms with Gasteiger partial charge in [-0.3, -0.25) is 14.4 Å². The predicted molar refractivity (Wildman–Crippen MR) is 99.3 cm³/mol. The topological polar surface area (TPSA) is 59.8 Å². The number of nitrogens with zero attached hydrogens (tertiary/aromatic N) is 4. The van der Waals surface area contributed by atoms with Crippen LogP contribution >= 0.6 is 0 Å². The number of carbonyl (C=O) groups excluding carboxylic acids is 1. The monoisotopic (exact) mass is 358 g/mol. The third-order valence-corrected chi connectivity index (χ3v) is 4.42. The third kappa shape index (κ3) is 4.42. The molecule has 1 aromatic heterocycles. The maximum atomic E-state index is 13.0. The molecule has 1 amide bonds. The fraction of sp³-hybridized carbons (Fsp3) is 0.474. The molecule has 7 nitrogen and oxygen atoms in total. The fourth-order valence-corrected chi connectivity index (χ4v) is 3.06. The van der Waals surface area contributed by atoms with Gasteiger partial charge >= 0.3 is 0 Å². The van der Waals surface area contributed by atoms with Crippen molar-refractivity contribution in [3.8, 4) is 5.75 Å². The summed E-state index contributed by atoms with van der Waals surface area (Å²) in [4.78, 5) is 16.9. The Morgan fingerprint density at radius 3 is 3.00 bits per heavy atom.